The van der Waals surface area contributed by atoms with Crippen LogP contribution in [0.25, 0.3) is 0 Å². The monoisotopic (exact) mass is 312 g/mol. The van der Waals surface area contributed by atoms with Crippen LogP contribution in [0.15, 0.2) is 46.9 Å². The second-order valence-electron chi connectivity index (χ2n) is 6.50. The number of rotatable bonds is 5. The molecular formula is C19H24N2O2. The van der Waals surface area contributed by atoms with E-state index in [4.69, 9.17) is 4.42 Å². The molecular weight excluding hydrogens is 288 g/mol. The Morgan fingerprint density at radius 3 is 2.52 bits per heavy atom. The summed E-state index contributed by atoms with van der Waals surface area (Å²) in [5, 5.41) is 5.98. The van der Waals surface area contributed by atoms with E-state index in [1.165, 1.54) is 12.0 Å². The number of hydrogen-bond donors (Lipinski definition) is 2. The maximum atomic E-state index is 12.2. The van der Waals surface area contributed by atoms with E-state index < -0.39 is 0 Å². The first kappa shape index (κ1) is 15.7. The fraction of sp³-hybridized carbons (Fsp3) is 0.421. The summed E-state index contributed by atoms with van der Waals surface area (Å²) in [5.74, 6) is 1.63. The SMILES string of the molecule is Cc1ccc(C(C)NC(=O)NCC2(c3ccccc3)CCC2)o1. The van der Waals surface area contributed by atoms with Crippen molar-refractivity contribution in [2.75, 3.05) is 6.54 Å². The average Bonchev–Trinajstić information content (AvgIpc) is 2.94. The predicted octanol–water partition coefficient (Wildman–Crippen LogP) is 4.07. The molecule has 4 nitrogen and oxygen atoms in total. The van der Waals surface area contributed by atoms with Gasteiger partial charge in [-0.25, -0.2) is 4.79 Å². The van der Waals surface area contributed by atoms with Crippen LogP contribution < -0.4 is 10.6 Å². The van der Waals surface area contributed by atoms with E-state index in [1.54, 1.807) is 0 Å². The molecule has 0 radical (unpaired) electrons. The molecule has 1 fully saturated rings. The lowest BCUT2D eigenvalue weighted by Crippen LogP contribution is -2.48. The summed E-state index contributed by atoms with van der Waals surface area (Å²) >= 11 is 0. The van der Waals surface area contributed by atoms with Crippen LogP contribution in [-0.2, 0) is 5.41 Å². The number of nitrogens with one attached hydrogen (secondary N) is 2. The van der Waals surface area contributed by atoms with Crippen LogP contribution >= 0.6 is 0 Å². The zero-order valence-corrected chi connectivity index (χ0v) is 13.8. The van der Waals surface area contributed by atoms with Gasteiger partial charge in [-0.15, -0.1) is 0 Å². The van der Waals surface area contributed by atoms with E-state index in [0.717, 1.165) is 24.4 Å². The van der Waals surface area contributed by atoms with Crippen molar-refractivity contribution in [2.24, 2.45) is 0 Å². The number of urea groups is 1. The van der Waals surface area contributed by atoms with Gasteiger partial charge in [0.05, 0.1) is 6.04 Å². The molecule has 1 aromatic heterocycles. The van der Waals surface area contributed by atoms with Crippen LogP contribution in [0.4, 0.5) is 4.79 Å². The number of carbonyl (C=O) groups is 1. The molecule has 23 heavy (non-hydrogen) atoms. The summed E-state index contributed by atoms with van der Waals surface area (Å²) in [6.07, 6.45) is 3.48. The summed E-state index contributed by atoms with van der Waals surface area (Å²) < 4.78 is 5.55. The molecule has 1 unspecified atom stereocenters. The largest absolute Gasteiger partial charge is 0.464 e. The maximum Gasteiger partial charge on any atom is 0.315 e. The van der Waals surface area contributed by atoms with Crippen molar-refractivity contribution < 1.29 is 9.21 Å². The summed E-state index contributed by atoms with van der Waals surface area (Å²) in [4.78, 5) is 12.2. The summed E-state index contributed by atoms with van der Waals surface area (Å²) in [6, 6.07) is 14.0. The maximum absolute atomic E-state index is 12.2. The zero-order chi connectivity index (χ0) is 16.3. The number of furan rings is 1. The van der Waals surface area contributed by atoms with Crippen LogP contribution in [0.1, 0.15) is 49.3 Å². The van der Waals surface area contributed by atoms with E-state index in [0.29, 0.717) is 6.54 Å². The molecule has 2 amide bonds. The minimum atomic E-state index is -0.145. The van der Waals surface area contributed by atoms with Gasteiger partial charge in [-0.05, 0) is 44.4 Å². The van der Waals surface area contributed by atoms with Gasteiger partial charge in [-0.1, -0.05) is 36.8 Å². The Balaban J connectivity index is 1.56. The highest BCUT2D eigenvalue weighted by Gasteiger charge is 2.38. The van der Waals surface area contributed by atoms with Gasteiger partial charge in [0.2, 0.25) is 0 Å². The second kappa shape index (κ2) is 6.49. The van der Waals surface area contributed by atoms with Crippen LogP contribution in [0.5, 0.6) is 0 Å². The topological polar surface area (TPSA) is 54.3 Å². The number of amides is 2. The Labute approximate surface area is 137 Å². The number of aryl methyl sites for hydroxylation is 1. The molecule has 1 aromatic carbocycles. The molecule has 0 spiro atoms. The summed E-state index contributed by atoms with van der Waals surface area (Å²) in [6.45, 7) is 4.50. The predicted molar refractivity (Wildman–Crippen MR) is 90.4 cm³/mol. The molecule has 4 heteroatoms. The van der Waals surface area contributed by atoms with E-state index in [2.05, 4.69) is 34.9 Å². The fourth-order valence-corrected chi connectivity index (χ4v) is 3.22. The smallest absolute Gasteiger partial charge is 0.315 e. The van der Waals surface area contributed by atoms with Crippen LogP contribution in [-0.4, -0.2) is 12.6 Å². The minimum absolute atomic E-state index is 0.100. The van der Waals surface area contributed by atoms with Gasteiger partial charge in [0.15, 0.2) is 0 Å². The molecule has 2 aromatic rings. The molecule has 1 heterocycles. The van der Waals surface area contributed by atoms with Crippen molar-refractivity contribution in [3.05, 3.63) is 59.5 Å². The number of hydrogen-bond acceptors (Lipinski definition) is 2. The quantitative estimate of drug-likeness (QED) is 0.874. The Morgan fingerprint density at radius 2 is 1.96 bits per heavy atom. The van der Waals surface area contributed by atoms with Gasteiger partial charge in [0.25, 0.3) is 0 Å². The van der Waals surface area contributed by atoms with E-state index >= 15 is 0 Å². The molecule has 2 N–H and O–H groups in total. The van der Waals surface area contributed by atoms with Gasteiger partial charge in [-0.2, -0.15) is 0 Å². The minimum Gasteiger partial charge on any atom is -0.464 e. The number of benzene rings is 1. The van der Waals surface area contributed by atoms with E-state index in [1.807, 2.05) is 32.0 Å². The molecule has 1 saturated carbocycles. The molecule has 1 aliphatic carbocycles. The van der Waals surface area contributed by atoms with Gasteiger partial charge in [0.1, 0.15) is 11.5 Å². The first-order valence-electron chi connectivity index (χ1n) is 8.25. The molecule has 122 valence electrons. The molecule has 3 rings (SSSR count). The molecule has 0 aliphatic heterocycles. The molecule has 1 atom stereocenters. The Morgan fingerprint density at radius 1 is 1.22 bits per heavy atom. The zero-order valence-electron chi connectivity index (χ0n) is 13.8. The fourth-order valence-electron chi connectivity index (χ4n) is 3.22. The average molecular weight is 312 g/mol. The molecule has 0 saturated heterocycles. The van der Waals surface area contributed by atoms with Gasteiger partial charge < -0.3 is 15.1 Å². The summed E-state index contributed by atoms with van der Waals surface area (Å²) in [5.41, 5.74) is 1.42. The van der Waals surface area contributed by atoms with E-state index in [9.17, 15) is 4.79 Å². The highest BCUT2D eigenvalue weighted by molar-refractivity contribution is 5.74. The Kier molecular flexibility index (Phi) is 4.42. The van der Waals surface area contributed by atoms with E-state index in [-0.39, 0.29) is 17.5 Å². The van der Waals surface area contributed by atoms with Gasteiger partial charge in [-0.3, -0.25) is 0 Å². The first-order chi connectivity index (χ1) is 11.1. The first-order valence-corrected chi connectivity index (χ1v) is 8.25. The van der Waals surface area contributed by atoms with Crippen molar-refractivity contribution in [3.63, 3.8) is 0 Å². The van der Waals surface area contributed by atoms with Crippen molar-refractivity contribution in [2.45, 2.75) is 44.6 Å². The molecule has 1 aliphatic rings. The van der Waals surface area contributed by atoms with Crippen molar-refractivity contribution in [1.29, 1.82) is 0 Å². The van der Waals surface area contributed by atoms with Crippen molar-refractivity contribution in [1.82, 2.24) is 10.6 Å². The van der Waals surface area contributed by atoms with Crippen LogP contribution in [0.2, 0.25) is 0 Å². The summed E-state index contributed by atoms with van der Waals surface area (Å²) in [7, 11) is 0. The normalized spacial score (nSPS) is 17.1. The standard InChI is InChI=1S/C19H24N2O2/c1-14-9-10-17(23-14)15(2)21-18(22)20-13-19(11-6-12-19)16-7-4-3-5-8-16/h3-5,7-10,15H,6,11-13H2,1-2H3,(H2,20,21,22). The lowest BCUT2D eigenvalue weighted by molar-refractivity contribution is 0.212. The second-order valence-corrected chi connectivity index (χ2v) is 6.50. The Bertz CT molecular complexity index is 659. The Hall–Kier alpha value is -2.23. The third-order valence-electron chi connectivity index (χ3n) is 4.82. The lowest BCUT2D eigenvalue weighted by Gasteiger charge is -2.42. The third-order valence-corrected chi connectivity index (χ3v) is 4.82. The lowest BCUT2D eigenvalue weighted by atomic mass is 9.64. The highest BCUT2D eigenvalue weighted by atomic mass is 16.3. The third kappa shape index (κ3) is 3.41. The number of carbonyl (C=O) groups excluding carboxylic acids is 1. The van der Waals surface area contributed by atoms with Crippen molar-refractivity contribution >= 4 is 6.03 Å². The van der Waals surface area contributed by atoms with Crippen LogP contribution in [0, 0.1) is 6.92 Å². The van der Waals surface area contributed by atoms with Crippen molar-refractivity contribution in [3.8, 4) is 0 Å². The molecule has 0 bridgehead atoms. The van der Waals surface area contributed by atoms with Gasteiger partial charge in [0, 0.05) is 12.0 Å². The van der Waals surface area contributed by atoms with Crippen LogP contribution in [0.3, 0.4) is 0 Å². The van der Waals surface area contributed by atoms with Gasteiger partial charge >= 0.3 is 6.03 Å². The highest BCUT2D eigenvalue weighted by Crippen LogP contribution is 2.43.